The van der Waals surface area contributed by atoms with Crippen molar-refractivity contribution in [2.45, 2.75) is 44.2 Å². The van der Waals surface area contributed by atoms with Crippen LogP contribution >= 0.6 is 11.6 Å². The van der Waals surface area contributed by atoms with Crippen molar-refractivity contribution in [2.75, 3.05) is 10.6 Å². The maximum atomic E-state index is 13.9. The third-order valence-corrected chi connectivity index (χ3v) is 7.48. The maximum absolute atomic E-state index is 13.9. The second-order valence-corrected chi connectivity index (χ2v) is 9.54. The molecule has 1 aliphatic heterocycles. The first-order valence-corrected chi connectivity index (χ1v) is 12.1. The van der Waals surface area contributed by atoms with Crippen LogP contribution in [0.2, 0.25) is 5.02 Å². The highest BCUT2D eigenvalue weighted by atomic mass is 35.5. The van der Waals surface area contributed by atoms with E-state index >= 15 is 0 Å². The molecular formula is C26H25ClN6O. The number of aromatic nitrogens is 4. The summed E-state index contributed by atoms with van der Waals surface area (Å²) in [5, 5.41) is 0.835. The molecule has 2 aromatic carbocycles. The van der Waals surface area contributed by atoms with E-state index in [1.165, 1.54) is 12.8 Å². The highest BCUT2D eigenvalue weighted by molar-refractivity contribution is 6.35. The molecule has 1 saturated carbocycles. The number of hydrogen-bond acceptors (Lipinski definition) is 6. The van der Waals surface area contributed by atoms with Gasteiger partial charge in [-0.3, -0.25) is 9.36 Å². The Balaban J connectivity index is 1.62. The highest BCUT2D eigenvalue weighted by Crippen LogP contribution is 2.47. The Morgan fingerprint density at radius 2 is 1.79 bits per heavy atom. The molecule has 2 aliphatic rings. The van der Waals surface area contributed by atoms with Crippen LogP contribution in [0.1, 0.15) is 44.0 Å². The summed E-state index contributed by atoms with van der Waals surface area (Å²) in [6.45, 7) is 0. The van der Waals surface area contributed by atoms with Gasteiger partial charge < -0.3 is 10.6 Å². The fraction of sp³-hybridized carbons (Fsp3) is 0.308. The lowest BCUT2D eigenvalue weighted by molar-refractivity contribution is 0.340. The monoisotopic (exact) mass is 472 g/mol. The minimum atomic E-state index is -0.167. The van der Waals surface area contributed by atoms with Gasteiger partial charge in [-0.2, -0.15) is 4.98 Å². The van der Waals surface area contributed by atoms with Crippen molar-refractivity contribution in [3.63, 3.8) is 0 Å². The number of halogens is 1. The molecule has 7 nitrogen and oxygen atoms in total. The van der Waals surface area contributed by atoms with Gasteiger partial charge in [0.15, 0.2) is 0 Å². The lowest BCUT2D eigenvalue weighted by Gasteiger charge is -2.34. The Morgan fingerprint density at radius 3 is 2.62 bits per heavy atom. The summed E-state index contributed by atoms with van der Waals surface area (Å²) >= 11 is 6.48. The average Bonchev–Trinajstić information content (AvgIpc) is 3.24. The van der Waals surface area contributed by atoms with Gasteiger partial charge in [-0.05, 0) is 55.5 Å². The van der Waals surface area contributed by atoms with Gasteiger partial charge in [0.1, 0.15) is 11.6 Å². The van der Waals surface area contributed by atoms with Crippen LogP contribution in [0.25, 0.3) is 16.6 Å². The minimum absolute atomic E-state index is 0.161. The molecule has 0 unspecified atom stereocenters. The maximum Gasteiger partial charge on any atom is 0.267 e. The summed E-state index contributed by atoms with van der Waals surface area (Å²) in [7, 11) is 0. The van der Waals surface area contributed by atoms with E-state index in [0.29, 0.717) is 39.4 Å². The van der Waals surface area contributed by atoms with Gasteiger partial charge in [-0.15, -0.1) is 0 Å². The molecule has 6 rings (SSSR count). The molecule has 34 heavy (non-hydrogen) atoms. The largest absolute Gasteiger partial charge is 0.384 e. The molecule has 2 N–H and O–H groups in total. The summed E-state index contributed by atoms with van der Waals surface area (Å²) in [4.78, 5) is 30.4. The summed E-state index contributed by atoms with van der Waals surface area (Å²) in [5.74, 6) is 2.20. The van der Waals surface area contributed by atoms with Gasteiger partial charge >= 0.3 is 0 Å². The molecule has 172 valence electrons. The SMILES string of the molecule is Nc1ccnc(N2[C@H](c3nc4cccc(Cl)c4c(=O)n3-c3ccccc3)C[C@@H]3CCCC[C@@H]32)n1. The Labute approximate surface area is 202 Å². The Hall–Kier alpha value is -3.45. The number of nitrogens with two attached hydrogens (primary N) is 1. The molecule has 0 amide bonds. The number of benzene rings is 2. The van der Waals surface area contributed by atoms with E-state index in [1.54, 1.807) is 22.9 Å². The molecule has 3 atom stereocenters. The van der Waals surface area contributed by atoms with Crippen LogP contribution in [-0.4, -0.2) is 25.6 Å². The van der Waals surface area contributed by atoms with Gasteiger partial charge in [0, 0.05) is 12.2 Å². The molecule has 1 aliphatic carbocycles. The van der Waals surface area contributed by atoms with Gasteiger partial charge in [-0.25, -0.2) is 9.97 Å². The lowest BCUT2D eigenvalue weighted by Crippen LogP contribution is -2.39. The van der Waals surface area contributed by atoms with Crippen LogP contribution in [-0.2, 0) is 0 Å². The molecule has 2 fully saturated rings. The molecular weight excluding hydrogens is 448 g/mol. The van der Waals surface area contributed by atoms with Crippen LogP contribution in [0.5, 0.6) is 0 Å². The van der Waals surface area contributed by atoms with Crippen molar-refractivity contribution in [3.8, 4) is 5.69 Å². The predicted octanol–water partition coefficient (Wildman–Crippen LogP) is 4.92. The third kappa shape index (κ3) is 3.42. The molecule has 1 saturated heterocycles. The first kappa shape index (κ1) is 21.1. The van der Waals surface area contributed by atoms with Gasteiger partial charge in [0.05, 0.1) is 27.7 Å². The first-order chi connectivity index (χ1) is 16.6. The van der Waals surface area contributed by atoms with Crippen molar-refractivity contribution >= 4 is 34.3 Å². The van der Waals surface area contributed by atoms with Crippen LogP contribution < -0.4 is 16.2 Å². The summed E-state index contributed by atoms with van der Waals surface area (Å²) in [6, 6.07) is 16.9. The summed E-state index contributed by atoms with van der Waals surface area (Å²) in [6.07, 6.45) is 7.17. The average molecular weight is 473 g/mol. The number of anilines is 2. The number of nitrogens with zero attached hydrogens (tertiary/aromatic N) is 5. The van der Waals surface area contributed by atoms with Crippen molar-refractivity contribution in [1.29, 1.82) is 0 Å². The van der Waals surface area contributed by atoms with Crippen LogP contribution in [0.15, 0.2) is 65.6 Å². The molecule has 0 spiro atoms. The van der Waals surface area contributed by atoms with Gasteiger partial charge in [0.25, 0.3) is 5.56 Å². The molecule has 8 heteroatoms. The van der Waals surface area contributed by atoms with E-state index in [4.69, 9.17) is 22.3 Å². The van der Waals surface area contributed by atoms with Gasteiger partial charge in [-0.1, -0.05) is 48.7 Å². The topological polar surface area (TPSA) is 89.9 Å². The standard InChI is InChI=1S/C26H25ClN6O/c27-18-10-6-11-19-23(18)25(34)32(17-8-2-1-3-9-17)24(30-19)21-15-16-7-4-5-12-20(16)33(21)26-29-14-13-22(28)31-26/h1-3,6,8-11,13-14,16,20-21H,4-5,7,12,15H2,(H2,28,29,31)/t16-,20-,21-/m0/s1. The predicted molar refractivity (Wildman–Crippen MR) is 134 cm³/mol. The second kappa shape index (κ2) is 8.40. The van der Waals surface area contributed by atoms with Crippen LogP contribution in [0.4, 0.5) is 11.8 Å². The molecule has 0 bridgehead atoms. The zero-order valence-electron chi connectivity index (χ0n) is 18.6. The van der Waals surface area contributed by atoms with E-state index < -0.39 is 0 Å². The van der Waals surface area contributed by atoms with Crippen molar-refractivity contribution < 1.29 is 0 Å². The van der Waals surface area contributed by atoms with E-state index in [1.807, 2.05) is 42.5 Å². The van der Waals surface area contributed by atoms with E-state index in [2.05, 4.69) is 14.9 Å². The zero-order valence-corrected chi connectivity index (χ0v) is 19.4. The Kier molecular flexibility index (Phi) is 5.21. The van der Waals surface area contributed by atoms with Crippen LogP contribution in [0.3, 0.4) is 0 Å². The number of nitrogen functional groups attached to an aromatic ring is 1. The second-order valence-electron chi connectivity index (χ2n) is 9.13. The third-order valence-electron chi connectivity index (χ3n) is 7.17. The fourth-order valence-electron chi connectivity index (χ4n) is 5.72. The molecule has 3 heterocycles. The number of hydrogen-bond donors (Lipinski definition) is 1. The van der Waals surface area contributed by atoms with Gasteiger partial charge in [0.2, 0.25) is 5.95 Å². The quantitative estimate of drug-likeness (QED) is 0.455. The van der Waals surface area contributed by atoms with E-state index in [0.717, 1.165) is 24.9 Å². The summed E-state index contributed by atoms with van der Waals surface area (Å²) < 4.78 is 1.72. The normalized spacial score (nSPS) is 22.1. The lowest BCUT2D eigenvalue weighted by atomic mass is 9.84. The van der Waals surface area contributed by atoms with E-state index in [9.17, 15) is 4.79 Å². The van der Waals surface area contributed by atoms with Crippen molar-refractivity contribution in [2.24, 2.45) is 5.92 Å². The molecule has 0 radical (unpaired) electrons. The number of fused-ring (bicyclic) bond motifs is 2. The van der Waals surface area contributed by atoms with Crippen molar-refractivity contribution in [3.05, 3.63) is 82.0 Å². The fourth-order valence-corrected chi connectivity index (χ4v) is 5.97. The first-order valence-electron chi connectivity index (χ1n) is 11.8. The Morgan fingerprint density at radius 1 is 0.971 bits per heavy atom. The minimum Gasteiger partial charge on any atom is -0.384 e. The van der Waals surface area contributed by atoms with Crippen molar-refractivity contribution in [1.82, 2.24) is 19.5 Å². The zero-order chi connectivity index (χ0) is 23.2. The molecule has 4 aromatic rings. The Bertz CT molecular complexity index is 1420. The highest BCUT2D eigenvalue weighted by Gasteiger charge is 2.46. The number of rotatable bonds is 3. The summed E-state index contributed by atoms with van der Waals surface area (Å²) in [5.41, 5.74) is 7.25. The smallest absolute Gasteiger partial charge is 0.267 e. The number of para-hydroxylation sites is 1. The van der Waals surface area contributed by atoms with E-state index in [-0.39, 0.29) is 17.6 Å². The molecule has 2 aromatic heterocycles. The van der Waals surface area contributed by atoms with Crippen LogP contribution in [0, 0.1) is 5.92 Å².